The van der Waals surface area contributed by atoms with E-state index in [1.807, 2.05) is 24.3 Å². The van der Waals surface area contributed by atoms with Crippen LogP contribution in [0.15, 0.2) is 48.9 Å². The third-order valence-electron chi connectivity index (χ3n) is 6.26. The lowest BCUT2D eigenvalue weighted by atomic mass is 9.72. The van der Waals surface area contributed by atoms with Gasteiger partial charge in [-0.15, -0.1) is 11.3 Å². The number of methoxy groups -OCH3 is 1. The highest BCUT2D eigenvalue weighted by Gasteiger charge is 2.33. The molecule has 0 radical (unpaired) electrons. The Morgan fingerprint density at radius 3 is 2.82 bits per heavy atom. The van der Waals surface area contributed by atoms with E-state index in [-0.39, 0.29) is 11.3 Å². The highest BCUT2D eigenvalue weighted by molar-refractivity contribution is 9.11. The van der Waals surface area contributed by atoms with Gasteiger partial charge in [0.05, 0.1) is 30.0 Å². The maximum absolute atomic E-state index is 13.4. The Hall–Kier alpha value is -1.90. The van der Waals surface area contributed by atoms with Crippen LogP contribution < -0.4 is 10.1 Å². The number of nitrogens with one attached hydrogen (secondary N) is 1. The highest BCUT2D eigenvalue weighted by atomic mass is 79.9. The van der Waals surface area contributed by atoms with Crippen molar-refractivity contribution in [1.29, 1.82) is 0 Å². The average molecular weight is 608 g/mol. The second-order valence-electron chi connectivity index (χ2n) is 9.52. The van der Waals surface area contributed by atoms with Gasteiger partial charge in [-0.1, -0.05) is 36.7 Å². The summed E-state index contributed by atoms with van der Waals surface area (Å²) in [7, 11) is 1.63. The number of ether oxygens (including phenoxy) is 1. The number of rotatable bonds is 6. The first kappa shape index (κ1) is 25.2. The number of hydrogen-bond donors (Lipinski definition) is 1. The fraction of sp³-hybridized carbons (Fsp3) is 0.385. The SMILES string of the molecule is COc1c(Br)cc(Br)cc1C=Nc1sc2c(c1C(=O)NCc1ccco1)CC[C@@H](C(C)(C)C)C2. The molecule has 0 saturated heterocycles. The lowest BCUT2D eigenvalue weighted by Crippen LogP contribution is -2.28. The molecule has 1 atom stereocenters. The molecule has 1 N–H and O–H groups in total. The average Bonchev–Trinajstić information content (AvgIpc) is 3.42. The number of amides is 1. The van der Waals surface area contributed by atoms with E-state index in [0.29, 0.717) is 23.8 Å². The molecular formula is C26H28Br2N2O3S. The minimum absolute atomic E-state index is 0.113. The lowest BCUT2D eigenvalue weighted by Gasteiger charge is -2.33. The topological polar surface area (TPSA) is 63.8 Å². The second-order valence-corrected chi connectivity index (χ2v) is 12.4. The summed E-state index contributed by atoms with van der Waals surface area (Å²) in [5.74, 6) is 1.89. The zero-order chi connectivity index (χ0) is 24.5. The van der Waals surface area contributed by atoms with Gasteiger partial charge in [0.1, 0.15) is 16.5 Å². The molecule has 0 bridgehead atoms. The first-order valence-electron chi connectivity index (χ1n) is 11.2. The van der Waals surface area contributed by atoms with E-state index in [1.54, 1.807) is 30.9 Å². The van der Waals surface area contributed by atoms with Crippen LogP contribution in [0.25, 0.3) is 0 Å². The summed E-state index contributed by atoms with van der Waals surface area (Å²) in [6.07, 6.45) is 6.32. The number of benzene rings is 1. The molecule has 1 aliphatic rings. The van der Waals surface area contributed by atoms with Crippen molar-refractivity contribution >= 4 is 60.3 Å². The number of nitrogens with zero attached hydrogens (tertiary/aromatic N) is 1. The van der Waals surface area contributed by atoms with Crippen LogP contribution in [0, 0.1) is 11.3 Å². The quantitative estimate of drug-likeness (QED) is 0.292. The molecular weight excluding hydrogens is 580 g/mol. The number of aliphatic imine (C=N–C) groups is 1. The summed E-state index contributed by atoms with van der Waals surface area (Å²) in [4.78, 5) is 19.4. The molecule has 1 aromatic carbocycles. The maximum atomic E-state index is 13.4. The highest BCUT2D eigenvalue weighted by Crippen LogP contribution is 2.45. The smallest absolute Gasteiger partial charge is 0.255 e. The number of thiophene rings is 1. The van der Waals surface area contributed by atoms with Gasteiger partial charge in [-0.2, -0.15) is 0 Å². The first-order chi connectivity index (χ1) is 16.2. The van der Waals surface area contributed by atoms with Crippen LogP contribution in [0.5, 0.6) is 5.75 Å². The van der Waals surface area contributed by atoms with Gasteiger partial charge in [-0.05, 0) is 76.4 Å². The number of fused-ring (bicyclic) bond motifs is 1. The summed E-state index contributed by atoms with van der Waals surface area (Å²) in [5, 5.41) is 3.75. The zero-order valence-electron chi connectivity index (χ0n) is 19.7. The Kier molecular flexibility index (Phi) is 7.69. The van der Waals surface area contributed by atoms with E-state index in [2.05, 4.69) is 57.9 Å². The van der Waals surface area contributed by atoms with E-state index < -0.39 is 0 Å². The molecule has 0 fully saturated rings. The maximum Gasteiger partial charge on any atom is 0.255 e. The van der Waals surface area contributed by atoms with Gasteiger partial charge >= 0.3 is 0 Å². The van der Waals surface area contributed by atoms with Crippen molar-refractivity contribution in [2.24, 2.45) is 16.3 Å². The third kappa shape index (κ3) is 5.50. The van der Waals surface area contributed by atoms with Crippen molar-refractivity contribution in [2.75, 3.05) is 7.11 Å². The van der Waals surface area contributed by atoms with E-state index in [4.69, 9.17) is 14.1 Å². The molecule has 3 aromatic rings. The number of halogens is 2. The molecule has 180 valence electrons. The number of carbonyl (C=O) groups excluding carboxylic acids is 1. The molecule has 2 heterocycles. The first-order valence-corrected chi connectivity index (χ1v) is 13.6. The van der Waals surface area contributed by atoms with Gasteiger partial charge in [0.25, 0.3) is 5.91 Å². The Morgan fingerprint density at radius 1 is 1.35 bits per heavy atom. The molecule has 34 heavy (non-hydrogen) atoms. The summed E-state index contributed by atoms with van der Waals surface area (Å²) >= 11 is 8.71. The fourth-order valence-electron chi connectivity index (χ4n) is 4.32. The minimum atomic E-state index is -0.113. The van der Waals surface area contributed by atoms with Crippen molar-refractivity contribution in [3.8, 4) is 5.75 Å². The Morgan fingerprint density at radius 2 is 2.15 bits per heavy atom. The lowest BCUT2D eigenvalue weighted by molar-refractivity contribution is 0.0947. The van der Waals surface area contributed by atoms with E-state index in [9.17, 15) is 4.79 Å². The summed E-state index contributed by atoms with van der Waals surface area (Å²) in [5.41, 5.74) is 2.87. The number of hydrogen-bond acceptors (Lipinski definition) is 5. The van der Waals surface area contributed by atoms with Crippen LogP contribution >= 0.6 is 43.2 Å². The van der Waals surface area contributed by atoms with Gasteiger partial charge in [-0.3, -0.25) is 4.79 Å². The van der Waals surface area contributed by atoms with Gasteiger partial charge in [0.15, 0.2) is 0 Å². The number of carbonyl (C=O) groups is 1. The zero-order valence-corrected chi connectivity index (χ0v) is 23.7. The Balaban J connectivity index is 1.70. The van der Waals surface area contributed by atoms with E-state index in [1.165, 1.54) is 4.88 Å². The molecule has 4 rings (SSSR count). The minimum Gasteiger partial charge on any atom is -0.495 e. The van der Waals surface area contributed by atoms with Crippen LogP contribution in [0.1, 0.15) is 59.3 Å². The molecule has 1 amide bonds. The van der Waals surface area contributed by atoms with Crippen molar-refractivity contribution in [3.05, 3.63) is 66.8 Å². The van der Waals surface area contributed by atoms with Gasteiger partial charge in [0.2, 0.25) is 0 Å². The molecule has 5 nitrogen and oxygen atoms in total. The van der Waals surface area contributed by atoms with Crippen molar-refractivity contribution in [3.63, 3.8) is 0 Å². The Bertz CT molecular complexity index is 1210. The predicted octanol–water partition coefficient (Wildman–Crippen LogP) is 7.71. The molecule has 2 aromatic heterocycles. The van der Waals surface area contributed by atoms with Crippen LogP contribution in [0.4, 0.5) is 5.00 Å². The monoisotopic (exact) mass is 606 g/mol. The van der Waals surface area contributed by atoms with Crippen LogP contribution in [0.3, 0.4) is 0 Å². The van der Waals surface area contributed by atoms with Crippen LogP contribution in [-0.2, 0) is 19.4 Å². The molecule has 0 spiro atoms. The van der Waals surface area contributed by atoms with Gasteiger partial charge in [-0.25, -0.2) is 4.99 Å². The molecule has 0 unspecified atom stereocenters. The van der Waals surface area contributed by atoms with Gasteiger partial charge < -0.3 is 14.5 Å². The third-order valence-corrected chi connectivity index (χ3v) is 8.47. The van der Waals surface area contributed by atoms with Gasteiger partial charge in [0, 0.05) is 21.1 Å². The molecule has 1 aliphatic carbocycles. The van der Waals surface area contributed by atoms with Crippen molar-refractivity contribution in [1.82, 2.24) is 5.32 Å². The standard InChI is InChI=1S/C26H28Br2N2O3S/c1-26(2,3)16-7-8-19-21(11-16)34-25(22(19)24(31)29-14-18-6-5-9-33-18)30-13-15-10-17(27)12-20(28)23(15)32-4/h5-6,9-10,12-13,16H,7-8,11,14H2,1-4H3,(H,29,31)/t16-/m1/s1. The fourth-order valence-corrected chi connectivity index (χ4v) is 7.01. The van der Waals surface area contributed by atoms with Crippen LogP contribution in [0.2, 0.25) is 0 Å². The molecule has 0 aliphatic heterocycles. The Labute approximate surface area is 221 Å². The number of furan rings is 1. The largest absolute Gasteiger partial charge is 0.495 e. The van der Waals surface area contributed by atoms with Crippen molar-refractivity contribution < 1.29 is 13.9 Å². The summed E-state index contributed by atoms with van der Waals surface area (Å²) in [6, 6.07) is 7.56. The normalized spacial score (nSPS) is 16.0. The van der Waals surface area contributed by atoms with E-state index in [0.717, 1.165) is 50.1 Å². The molecule has 8 heteroatoms. The molecule has 0 saturated carbocycles. The van der Waals surface area contributed by atoms with Crippen LogP contribution in [-0.4, -0.2) is 19.2 Å². The summed E-state index contributed by atoms with van der Waals surface area (Å²) < 4.78 is 12.7. The van der Waals surface area contributed by atoms with E-state index >= 15 is 0 Å². The summed E-state index contributed by atoms with van der Waals surface area (Å²) in [6.45, 7) is 7.23. The second kappa shape index (κ2) is 10.4. The predicted molar refractivity (Wildman–Crippen MR) is 145 cm³/mol. The van der Waals surface area contributed by atoms with Crippen molar-refractivity contribution in [2.45, 2.75) is 46.6 Å².